The maximum atomic E-state index is 14.2. The molecule has 0 unspecified atom stereocenters. The Morgan fingerprint density at radius 3 is 2.44 bits per heavy atom. The number of hydrogen-bond acceptors (Lipinski definition) is 7. The van der Waals surface area contributed by atoms with Crippen LogP contribution >= 0.6 is 0 Å². The molecule has 4 aromatic rings. The average molecular weight is 544 g/mol. The summed E-state index contributed by atoms with van der Waals surface area (Å²) in [4.78, 5) is 24.6. The molecule has 5 rings (SSSR count). The number of hydrazine groups is 2. The van der Waals surface area contributed by atoms with Crippen molar-refractivity contribution in [2.75, 3.05) is 7.05 Å². The summed E-state index contributed by atoms with van der Waals surface area (Å²) in [5.41, 5.74) is 5.55. The molecule has 1 aliphatic heterocycles. The molecule has 0 spiro atoms. The maximum absolute atomic E-state index is 14.2. The van der Waals surface area contributed by atoms with E-state index in [4.69, 9.17) is 4.74 Å². The first kappa shape index (κ1) is 26.1. The molecule has 3 aromatic heterocycles. The van der Waals surface area contributed by atoms with E-state index in [-0.39, 0.29) is 39.4 Å². The van der Waals surface area contributed by atoms with Gasteiger partial charge in [0.15, 0.2) is 17.1 Å². The van der Waals surface area contributed by atoms with Crippen LogP contribution in [0, 0.1) is 25.5 Å². The topological polar surface area (TPSA) is 95.2 Å². The smallest absolute Gasteiger partial charge is 0.418 e. The van der Waals surface area contributed by atoms with E-state index < -0.39 is 28.8 Å². The highest BCUT2D eigenvalue weighted by atomic mass is 19.4. The number of nitrogens with one attached hydrogen (secondary N) is 3. The molecule has 0 fully saturated rings. The lowest BCUT2D eigenvalue weighted by Gasteiger charge is -2.18. The molecule has 39 heavy (non-hydrogen) atoms. The third-order valence-corrected chi connectivity index (χ3v) is 6.57. The normalized spacial score (nSPS) is 13.8. The predicted octanol–water partition coefficient (Wildman–Crippen LogP) is 5.33. The summed E-state index contributed by atoms with van der Waals surface area (Å²) in [5, 5.41) is 1.90. The van der Waals surface area contributed by atoms with Gasteiger partial charge in [-0.25, -0.2) is 13.8 Å². The maximum Gasteiger partial charge on any atom is 0.418 e. The summed E-state index contributed by atoms with van der Waals surface area (Å²) in [6.07, 6.45) is -2.71. The molecule has 0 saturated carbocycles. The first-order chi connectivity index (χ1) is 18.4. The van der Waals surface area contributed by atoms with E-state index in [1.807, 2.05) is 6.92 Å². The Balaban J connectivity index is 1.74. The molecule has 1 aromatic carbocycles. The SMILES string of the molecule is CC1=C(c2nccc3[nH]c(-c4c(Oc5ccc(F)c(F)c5C)ncc(C(F)(F)F)c4C)cc(=O)c23)NNN1C. The van der Waals surface area contributed by atoms with Gasteiger partial charge in [0.1, 0.15) is 11.4 Å². The molecular formula is C26H21F5N6O2. The number of nitrogens with zero attached hydrogens (tertiary/aromatic N) is 3. The van der Waals surface area contributed by atoms with Crippen LogP contribution in [0.3, 0.4) is 0 Å². The van der Waals surface area contributed by atoms with E-state index in [9.17, 15) is 26.7 Å². The summed E-state index contributed by atoms with van der Waals surface area (Å²) in [6, 6.07) is 4.62. The number of allylic oxidation sites excluding steroid dienone is 1. The van der Waals surface area contributed by atoms with Gasteiger partial charge in [-0.2, -0.15) is 13.2 Å². The monoisotopic (exact) mass is 544 g/mol. The van der Waals surface area contributed by atoms with Crippen molar-refractivity contribution in [1.29, 1.82) is 0 Å². The predicted molar refractivity (Wildman–Crippen MR) is 133 cm³/mol. The molecule has 8 nitrogen and oxygen atoms in total. The molecule has 0 radical (unpaired) electrons. The number of benzene rings is 1. The Hall–Kier alpha value is -4.52. The van der Waals surface area contributed by atoms with Crippen LogP contribution in [0.15, 0.2) is 47.2 Å². The second-order valence-electron chi connectivity index (χ2n) is 8.95. The van der Waals surface area contributed by atoms with E-state index in [1.54, 1.807) is 12.1 Å². The number of aromatic amines is 1. The molecular weight excluding hydrogens is 523 g/mol. The van der Waals surface area contributed by atoms with Gasteiger partial charge in [-0.1, -0.05) is 0 Å². The van der Waals surface area contributed by atoms with Gasteiger partial charge in [0, 0.05) is 31.1 Å². The zero-order valence-corrected chi connectivity index (χ0v) is 21.0. The average Bonchev–Trinajstić information content (AvgIpc) is 3.21. The van der Waals surface area contributed by atoms with Gasteiger partial charge in [0.25, 0.3) is 0 Å². The molecule has 4 heterocycles. The third-order valence-electron chi connectivity index (χ3n) is 6.57. The standard InChI is InChI=1S/C26H21F5N6O2/c1-11-14(26(29,30)31)10-33-25(39-19-6-5-15(27)22(28)12(19)2)20(11)17-9-18(38)21-16(34-17)7-8-32-24(21)23-13(3)37(4)36-35-23/h5-10,35-36H,1-4H3,(H,34,38). The van der Waals surface area contributed by atoms with Crippen LogP contribution in [0.5, 0.6) is 11.6 Å². The fourth-order valence-electron chi connectivity index (χ4n) is 4.35. The minimum absolute atomic E-state index is 0.0173. The number of ether oxygens (including phenoxy) is 1. The van der Waals surface area contributed by atoms with Crippen molar-refractivity contribution in [3.8, 4) is 22.9 Å². The first-order valence-corrected chi connectivity index (χ1v) is 11.6. The number of pyridine rings is 3. The fraction of sp³-hybridized carbons (Fsp3) is 0.192. The van der Waals surface area contributed by atoms with Gasteiger partial charge in [-0.05, 0) is 44.5 Å². The number of H-pyrrole nitrogens is 1. The van der Waals surface area contributed by atoms with Crippen LogP contribution in [-0.2, 0) is 6.18 Å². The van der Waals surface area contributed by atoms with Crippen LogP contribution in [-0.4, -0.2) is 27.0 Å². The first-order valence-electron chi connectivity index (χ1n) is 11.6. The van der Waals surface area contributed by atoms with Crippen LogP contribution < -0.4 is 21.1 Å². The van der Waals surface area contributed by atoms with Gasteiger partial charge in [0.05, 0.1) is 39.1 Å². The van der Waals surface area contributed by atoms with Crippen LogP contribution in [0.25, 0.3) is 27.9 Å². The van der Waals surface area contributed by atoms with Crippen molar-refractivity contribution in [2.45, 2.75) is 26.9 Å². The van der Waals surface area contributed by atoms with Crippen molar-refractivity contribution in [1.82, 2.24) is 30.9 Å². The van der Waals surface area contributed by atoms with Gasteiger partial charge in [-0.3, -0.25) is 20.2 Å². The molecule has 13 heteroatoms. The second-order valence-corrected chi connectivity index (χ2v) is 8.95. The number of halogens is 5. The van der Waals surface area contributed by atoms with E-state index in [2.05, 4.69) is 25.9 Å². The highest BCUT2D eigenvalue weighted by Gasteiger charge is 2.35. The molecule has 0 atom stereocenters. The minimum Gasteiger partial charge on any atom is -0.438 e. The number of hydrogen-bond donors (Lipinski definition) is 3. The lowest BCUT2D eigenvalue weighted by Crippen LogP contribution is -2.34. The summed E-state index contributed by atoms with van der Waals surface area (Å²) in [7, 11) is 1.77. The second kappa shape index (κ2) is 9.34. The zero-order valence-electron chi connectivity index (χ0n) is 21.0. The van der Waals surface area contributed by atoms with Crippen molar-refractivity contribution < 1.29 is 26.7 Å². The van der Waals surface area contributed by atoms with Crippen LogP contribution in [0.2, 0.25) is 0 Å². The molecule has 202 valence electrons. The van der Waals surface area contributed by atoms with Gasteiger partial charge < -0.3 is 9.72 Å². The summed E-state index contributed by atoms with van der Waals surface area (Å²) in [6.45, 7) is 4.28. The summed E-state index contributed by atoms with van der Waals surface area (Å²) < 4.78 is 75.0. The van der Waals surface area contributed by atoms with Crippen LogP contribution in [0.1, 0.15) is 29.3 Å². The molecule has 3 N–H and O–H groups in total. The number of fused-ring (bicyclic) bond motifs is 1. The Morgan fingerprint density at radius 1 is 1.03 bits per heavy atom. The van der Waals surface area contributed by atoms with E-state index in [0.717, 1.165) is 23.9 Å². The van der Waals surface area contributed by atoms with Crippen molar-refractivity contribution >= 4 is 16.6 Å². The zero-order chi connectivity index (χ0) is 28.2. The van der Waals surface area contributed by atoms with E-state index in [0.29, 0.717) is 23.1 Å². The Labute approximate surface area is 218 Å². The molecule has 0 saturated heterocycles. The molecule has 0 bridgehead atoms. The van der Waals surface area contributed by atoms with Crippen molar-refractivity contribution in [3.05, 3.63) is 86.6 Å². The van der Waals surface area contributed by atoms with Crippen LogP contribution in [0.4, 0.5) is 22.0 Å². The summed E-state index contributed by atoms with van der Waals surface area (Å²) in [5.74, 6) is -2.76. The third kappa shape index (κ3) is 4.44. The quantitative estimate of drug-likeness (QED) is 0.299. The molecule has 0 amide bonds. The summed E-state index contributed by atoms with van der Waals surface area (Å²) >= 11 is 0. The highest BCUT2D eigenvalue weighted by Crippen LogP contribution is 2.41. The van der Waals surface area contributed by atoms with Gasteiger partial charge in [-0.15, -0.1) is 5.53 Å². The Kier molecular flexibility index (Phi) is 6.25. The van der Waals surface area contributed by atoms with Gasteiger partial charge >= 0.3 is 6.18 Å². The lowest BCUT2D eigenvalue weighted by atomic mass is 10.0. The van der Waals surface area contributed by atoms with Gasteiger partial charge in [0.2, 0.25) is 5.88 Å². The van der Waals surface area contributed by atoms with E-state index in [1.165, 1.54) is 26.1 Å². The lowest BCUT2D eigenvalue weighted by molar-refractivity contribution is -0.138. The number of aromatic nitrogens is 3. The van der Waals surface area contributed by atoms with E-state index >= 15 is 0 Å². The Bertz CT molecular complexity index is 1730. The largest absolute Gasteiger partial charge is 0.438 e. The number of rotatable bonds is 4. The minimum atomic E-state index is -4.76. The van der Waals surface area contributed by atoms with Crippen molar-refractivity contribution in [3.63, 3.8) is 0 Å². The fourth-order valence-corrected chi connectivity index (χ4v) is 4.35. The highest BCUT2D eigenvalue weighted by molar-refractivity contribution is 5.91. The number of alkyl halides is 3. The molecule has 0 aliphatic carbocycles. The molecule has 1 aliphatic rings. The van der Waals surface area contributed by atoms with Crippen molar-refractivity contribution in [2.24, 2.45) is 0 Å². The Morgan fingerprint density at radius 2 is 1.77 bits per heavy atom.